The van der Waals surface area contributed by atoms with E-state index in [-0.39, 0.29) is 35.4 Å². The average molecular weight is 386 g/mol. The van der Waals surface area contributed by atoms with Crippen LogP contribution in [0.3, 0.4) is 0 Å². The van der Waals surface area contributed by atoms with Crippen molar-refractivity contribution in [2.24, 2.45) is 17.3 Å². The van der Waals surface area contributed by atoms with Gasteiger partial charge in [-0.05, 0) is 0 Å². The number of Topliss-reactive ketones (excluding diaryl/α,β-unsaturated/α-hetero) is 2. The van der Waals surface area contributed by atoms with Gasteiger partial charge < -0.3 is 14.4 Å². The zero-order chi connectivity index (χ0) is 21.2. The highest BCUT2D eigenvalue weighted by Gasteiger charge is 2.29. The molecule has 1 amide bonds. The van der Waals surface area contributed by atoms with Crippen molar-refractivity contribution in [3.63, 3.8) is 0 Å². The van der Waals surface area contributed by atoms with E-state index in [0.29, 0.717) is 39.3 Å². The molecular formula is C21H39NO5. The van der Waals surface area contributed by atoms with Gasteiger partial charge in [-0.25, -0.2) is 0 Å². The Balaban J connectivity index is 4.64. The number of carbonyl (C=O) groups excluding carboxylic acids is 3. The molecule has 0 N–H and O–H groups in total. The lowest BCUT2D eigenvalue weighted by atomic mass is 9.94. The molecule has 0 aliphatic rings. The third-order valence-electron chi connectivity index (χ3n) is 4.40. The average Bonchev–Trinajstić information content (AvgIpc) is 2.57. The highest BCUT2D eigenvalue weighted by Crippen LogP contribution is 2.18. The SMILES string of the molecule is CC(C)C(=O)CCOCC(COCCC(=O)C(C)C)N(C)C(=O)C(C)(C)C. The fraction of sp³-hybridized carbons (Fsp3) is 0.857. The van der Waals surface area contributed by atoms with Crippen LogP contribution in [0.15, 0.2) is 0 Å². The van der Waals surface area contributed by atoms with Crippen molar-refractivity contribution in [1.29, 1.82) is 0 Å². The van der Waals surface area contributed by atoms with Crippen LogP contribution < -0.4 is 0 Å². The highest BCUT2D eigenvalue weighted by atomic mass is 16.5. The summed E-state index contributed by atoms with van der Waals surface area (Å²) in [6.07, 6.45) is 0.732. The Morgan fingerprint density at radius 3 is 1.48 bits per heavy atom. The van der Waals surface area contributed by atoms with Gasteiger partial charge in [-0.3, -0.25) is 14.4 Å². The lowest BCUT2D eigenvalue weighted by Gasteiger charge is -2.33. The molecule has 0 bridgehead atoms. The standard InChI is InChI=1S/C21H39NO5/c1-15(2)18(23)9-11-26-13-17(22(8)20(25)21(5,6)7)14-27-12-10-19(24)16(3)4/h15-17H,9-14H2,1-8H3. The largest absolute Gasteiger partial charge is 0.379 e. The molecule has 0 aliphatic carbocycles. The second-order valence-electron chi connectivity index (χ2n) is 8.71. The summed E-state index contributed by atoms with van der Waals surface area (Å²) >= 11 is 0. The van der Waals surface area contributed by atoms with Gasteiger partial charge in [0.25, 0.3) is 0 Å². The summed E-state index contributed by atoms with van der Waals surface area (Å²) in [7, 11) is 1.74. The summed E-state index contributed by atoms with van der Waals surface area (Å²) in [4.78, 5) is 37.6. The van der Waals surface area contributed by atoms with Crippen molar-refractivity contribution in [2.75, 3.05) is 33.5 Å². The van der Waals surface area contributed by atoms with E-state index in [0.717, 1.165) is 0 Å². The van der Waals surface area contributed by atoms with E-state index in [2.05, 4.69) is 0 Å². The van der Waals surface area contributed by atoms with Crippen molar-refractivity contribution >= 4 is 17.5 Å². The molecule has 0 radical (unpaired) electrons. The maximum absolute atomic E-state index is 12.6. The minimum Gasteiger partial charge on any atom is -0.379 e. The molecule has 6 nitrogen and oxygen atoms in total. The molecule has 0 fully saturated rings. The molecular weight excluding hydrogens is 346 g/mol. The van der Waals surface area contributed by atoms with Crippen LogP contribution in [0.5, 0.6) is 0 Å². The molecule has 0 saturated carbocycles. The van der Waals surface area contributed by atoms with Gasteiger partial charge in [0.15, 0.2) is 0 Å². The summed E-state index contributed by atoms with van der Waals surface area (Å²) < 4.78 is 11.3. The van der Waals surface area contributed by atoms with Crippen molar-refractivity contribution in [3.05, 3.63) is 0 Å². The molecule has 0 aromatic heterocycles. The predicted molar refractivity (Wildman–Crippen MR) is 107 cm³/mol. The first-order valence-electron chi connectivity index (χ1n) is 9.86. The first-order chi connectivity index (χ1) is 12.4. The van der Waals surface area contributed by atoms with E-state index >= 15 is 0 Å². The molecule has 0 aliphatic heterocycles. The van der Waals surface area contributed by atoms with Crippen LogP contribution >= 0.6 is 0 Å². The summed E-state index contributed by atoms with van der Waals surface area (Å²) in [5, 5.41) is 0. The van der Waals surface area contributed by atoms with E-state index in [1.54, 1.807) is 11.9 Å². The second-order valence-corrected chi connectivity index (χ2v) is 8.71. The van der Waals surface area contributed by atoms with E-state index in [1.165, 1.54) is 0 Å². The summed E-state index contributed by atoms with van der Waals surface area (Å²) in [5.41, 5.74) is -0.506. The Morgan fingerprint density at radius 1 is 0.815 bits per heavy atom. The fourth-order valence-electron chi connectivity index (χ4n) is 2.33. The van der Waals surface area contributed by atoms with Gasteiger partial charge >= 0.3 is 0 Å². The smallest absolute Gasteiger partial charge is 0.228 e. The zero-order valence-electron chi connectivity index (χ0n) is 18.5. The number of ketones is 2. The quantitative estimate of drug-likeness (QED) is 0.456. The summed E-state index contributed by atoms with van der Waals surface area (Å²) in [6, 6.07) is -0.264. The Morgan fingerprint density at radius 2 is 1.19 bits per heavy atom. The first kappa shape index (κ1) is 25.7. The third-order valence-corrected chi connectivity index (χ3v) is 4.40. The molecule has 158 valence electrons. The van der Waals surface area contributed by atoms with Crippen LogP contribution in [0.25, 0.3) is 0 Å². The topological polar surface area (TPSA) is 72.9 Å². The number of likely N-dealkylation sites (N-methyl/N-ethyl adjacent to an activating group) is 1. The van der Waals surface area contributed by atoms with Crippen LogP contribution in [-0.4, -0.2) is 61.9 Å². The molecule has 6 heteroatoms. The molecule has 0 spiro atoms. The van der Waals surface area contributed by atoms with Crippen molar-refractivity contribution < 1.29 is 23.9 Å². The summed E-state index contributed by atoms with van der Waals surface area (Å²) in [5.74, 6) is 0.312. The molecule has 0 aromatic rings. The number of nitrogens with zero attached hydrogens (tertiary/aromatic N) is 1. The number of ether oxygens (including phenoxy) is 2. The van der Waals surface area contributed by atoms with Gasteiger partial charge in [0, 0.05) is 37.1 Å². The number of hydrogen-bond acceptors (Lipinski definition) is 5. The van der Waals surface area contributed by atoms with Gasteiger partial charge in [-0.15, -0.1) is 0 Å². The van der Waals surface area contributed by atoms with E-state index in [1.807, 2.05) is 48.5 Å². The lowest BCUT2D eigenvalue weighted by Crippen LogP contribution is -2.47. The molecule has 0 unspecified atom stereocenters. The molecule has 0 aromatic carbocycles. The number of amides is 1. The van der Waals surface area contributed by atoms with Crippen LogP contribution in [0.2, 0.25) is 0 Å². The summed E-state index contributed by atoms with van der Waals surface area (Å²) in [6.45, 7) is 14.3. The first-order valence-corrected chi connectivity index (χ1v) is 9.86. The van der Waals surface area contributed by atoms with Crippen LogP contribution in [-0.2, 0) is 23.9 Å². The number of carbonyl (C=O) groups is 3. The Bertz CT molecular complexity index is 451. The molecule has 0 heterocycles. The van der Waals surface area contributed by atoms with Gasteiger partial charge in [0.1, 0.15) is 11.6 Å². The number of rotatable bonds is 13. The highest BCUT2D eigenvalue weighted by molar-refractivity contribution is 5.81. The molecule has 0 saturated heterocycles. The van der Waals surface area contributed by atoms with Gasteiger partial charge in [0.05, 0.1) is 32.5 Å². The lowest BCUT2D eigenvalue weighted by molar-refractivity contribution is -0.143. The minimum absolute atomic E-state index is 0.00336. The molecule has 0 atom stereocenters. The maximum atomic E-state index is 12.6. The fourth-order valence-corrected chi connectivity index (χ4v) is 2.33. The van der Waals surface area contributed by atoms with Gasteiger partial charge in [-0.2, -0.15) is 0 Å². The van der Waals surface area contributed by atoms with Crippen LogP contribution in [0.1, 0.15) is 61.3 Å². The maximum Gasteiger partial charge on any atom is 0.228 e. The Hall–Kier alpha value is -1.27. The molecule has 0 rings (SSSR count). The second kappa shape index (κ2) is 12.2. The minimum atomic E-state index is -0.506. The van der Waals surface area contributed by atoms with Gasteiger partial charge in [-0.1, -0.05) is 48.5 Å². The van der Waals surface area contributed by atoms with E-state index < -0.39 is 5.41 Å². The van der Waals surface area contributed by atoms with E-state index in [9.17, 15) is 14.4 Å². The van der Waals surface area contributed by atoms with Crippen molar-refractivity contribution in [3.8, 4) is 0 Å². The number of hydrogen-bond donors (Lipinski definition) is 0. The van der Waals surface area contributed by atoms with Crippen LogP contribution in [0.4, 0.5) is 0 Å². The van der Waals surface area contributed by atoms with Crippen molar-refractivity contribution in [2.45, 2.75) is 67.3 Å². The monoisotopic (exact) mass is 385 g/mol. The normalized spacial score (nSPS) is 12.1. The molecule has 27 heavy (non-hydrogen) atoms. The van der Waals surface area contributed by atoms with E-state index in [4.69, 9.17) is 9.47 Å². The third kappa shape index (κ3) is 10.6. The zero-order valence-corrected chi connectivity index (χ0v) is 18.5. The van der Waals surface area contributed by atoms with Gasteiger partial charge in [0.2, 0.25) is 5.91 Å². The van der Waals surface area contributed by atoms with Crippen LogP contribution in [0, 0.1) is 17.3 Å². The Kier molecular flexibility index (Phi) is 11.7. The predicted octanol–water partition coefficient (Wildman–Crippen LogP) is 3.12. The Labute approximate surface area is 165 Å². The van der Waals surface area contributed by atoms with Crippen molar-refractivity contribution in [1.82, 2.24) is 4.90 Å².